The van der Waals surface area contributed by atoms with Crippen LogP contribution in [0.25, 0.3) is 0 Å². The number of alkyl halides is 1. The fraction of sp³-hybridized carbons (Fsp3) is 0.182. The van der Waals surface area contributed by atoms with E-state index in [0.29, 0.717) is 0 Å². The van der Waals surface area contributed by atoms with Crippen LogP contribution in [0.15, 0.2) is 78.9 Å². The molecule has 4 rings (SSSR count). The van der Waals surface area contributed by atoms with Crippen LogP contribution in [-0.4, -0.2) is 11.4 Å². The van der Waals surface area contributed by atoms with E-state index in [2.05, 4.69) is 76.0 Å². The SMILES string of the molecule is Fc1ccc(C2(I)c3ccccc3CCN2Cc2ccccc2)cc1. The number of benzene rings is 3. The zero-order valence-electron chi connectivity index (χ0n) is 13.8. The van der Waals surface area contributed by atoms with Gasteiger partial charge in [-0.3, -0.25) is 4.90 Å². The van der Waals surface area contributed by atoms with E-state index in [0.717, 1.165) is 25.1 Å². The molecule has 3 heteroatoms. The minimum Gasteiger partial charge on any atom is -0.277 e. The van der Waals surface area contributed by atoms with Gasteiger partial charge in [0.1, 0.15) is 9.36 Å². The van der Waals surface area contributed by atoms with Crippen molar-refractivity contribution in [2.45, 2.75) is 16.5 Å². The second-order valence-corrected chi connectivity index (χ2v) is 8.00. The van der Waals surface area contributed by atoms with Gasteiger partial charge in [-0.1, -0.05) is 89.3 Å². The van der Waals surface area contributed by atoms with Crippen LogP contribution in [0.5, 0.6) is 0 Å². The third kappa shape index (κ3) is 3.11. The molecular weight excluding hydrogens is 424 g/mol. The van der Waals surface area contributed by atoms with E-state index < -0.39 is 0 Å². The monoisotopic (exact) mass is 443 g/mol. The van der Waals surface area contributed by atoms with Crippen molar-refractivity contribution in [3.8, 4) is 0 Å². The molecule has 1 unspecified atom stereocenters. The van der Waals surface area contributed by atoms with Crippen molar-refractivity contribution in [2.75, 3.05) is 6.54 Å². The Morgan fingerprint density at radius 1 is 0.880 bits per heavy atom. The van der Waals surface area contributed by atoms with Gasteiger partial charge in [0, 0.05) is 13.1 Å². The van der Waals surface area contributed by atoms with E-state index in [1.165, 1.54) is 16.7 Å². The molecule has 126 valence electrons. The lowest BCUT2D eigenvalue weighted by atomic mass is 9.87. The number of halogens is 2. The molecule has 1 aliphatic rings. The van der Waals surface area contributed by atoms with E-state index >= 15 is 0 Å². The zero-order valence-corrected chi connectivity index (χ0v) is 16.0. The summed E-state index contributed by atoms with van der Waals surface area (Å²) in [5, 5.41) is 0. The highest BCUT2D eigenvalue weighted by atomic mass is 127. The maximum Gasteiger partial charge on any atom is 0.125 e. The molecule has 1 aliphatic heterocycles. The lowest BCUT2D eigenvalue weighted by Crippen LogP contribution is -2.46. The van der Waals surface area contributed by atoms with E-state index in [4.69, 9.17) is 0 Å². The van der Waals surface area contributed by atoms with Crippen LogP contribution >= 0.6 is 22.6 Å². The summed E-state index contributed by atoms with van der Waals surface area (Å²) in [6, 6.07) is 26.1. The van der Waals surface area contributed by atoms with Crippen molar-refractivity contribution < 1.29 is 4.39 Å². The second kappa shape index (κ2) is 6.89. The number of nitrogens with zero attached hydrogens (tertiary/aromatic N) is 1. The zero-order chi connectivity index (χ0) is 17.3. The van der Waals surface area contributed by atoms with Crippen LogP contribution in [0, 0.1) is 5.82 Å². The Balaban J connectivity index is 1.82. The van der Waals surface area contributed by atoms with Gasteiger partial charge in [-0.15, -0.1) is 0 Å². The van der Waals surface area contributed by atoms with Gasteiger partial charge in [0.25, 0.3) is 0 Å². The van der Waals surface area contributed by atoms with Crippen LogP contribution in [0.4, 0.5) is 4.39 Å². The first-order chi connectivity index (χ1) is 12.2. The summed E-state index contributed by atoms with van der Waals surface area (Å²) < 4.78 is 13.2. The molecular formula is C22H19FIN. The molecule has 3 aromatic carbocycles. The standard InChI is InChI=1S/C22H19FIN/c23-20-12-10-19(11-13-20)22(24)21-9-5-4-8-18(21)14-15-25(22)16-17-6-2-1-3-7-17/h1-13H,14-16H2. The maximum atomic E-state index is 13.5. The van der Waals surface area contributed by atoms with E-state index in [-0.39, 0.29) is 9.36 Å². The second-order valence-electron chi connectivity index (χ2n) is 6.44. The molecule has 3 aromatic rings. The molecule has 1 heterocycles. The minimum absolute atomic E-state index is 0.192. The average molecular weight is 443 g/mol. The van der Waals surface area contributed by atoms with E-state index in [1.54, 1.807) is 12.1 Å². The highest BCUT2D eigenvalue weighted by Gasteiger charge is 2.41. The summed E-state index contributed by atoms with van der Waals surface area (Å²) in [5.41, 5.74) is 5.11. The van der Waals surface area contributed by atoms with Crippen LogP contribution in [0.3, 0.4) is 0 Å². The first kappa shape index (κ1) is 16.7. The van der Waals surface area contributed by atoms with Gasteiger partial charge < -0.3 is 0 Å². The lowest BCUT2D eigenvalue weighted by molar-refractivity contribution is 0.190. The van der Waals surface area contributed by atoms with Gasteiger partial charge in [0.15, 0.2) is 0 Å². The molecule has 0 radical (unpaired) electrons. The van der Waals surface area contributed by atoms with Gasteiger partial charge >= 0.3 is 0 Å². The average Bonchev–Trinajstić information content (AvgIpc) is 2.66. The van der Waals surface area contributed by atoms with Crippen molar-refractivity contribution in [3.05, 3.63) is 107 Å². The van der Waals surface area contributed by atoms with Crippen molar-refractivity contribution >= 4 is 22.6 Å². The predicted octanol–water partition coefficient (Wildman–Crippen LogP) is 5.52. The molecule has 1 nitrogen and oxygen atoms in total. The first-order valence-electron chi connectivity index (χ1n) is 8.50. The lowest BCUT2D eigenvalue weighted by Gasteiger charge is -2.45. The molecule has 0 spiro atoms. The normalized spacial score (nSPS) is 20.2. The van der Waals surface area contributed by atoms with E-state index in [9.17, 15) is 4.39 Å². The van der Waals surface area contributed by atoms with Crippen molar-refractivity contribution in [1.82, 2.24) is 4.90 Å². The summed E-state index contributed by atoms with van der Waals surface area (Å²) >= 11 is 2.55. The third-order valence-electron chi connectivity index (χ3n) is 4.90. The Bertz CT molecular complexity index is 863. The number of hydrogen-bond donors (Lipinski definition) is 0. The summed E-state index contributed by atoms with van der Waals surface area (Å²) in [4.78, 5) is 2.50. The first-order valence-corrected chi connectivity index (χ1v) is 9.58. The molecule has 0 N–H and O–H groups in total. The summed E-state index contributed by atoms with van der Waals surface area (Å²) in [7, 11) is 0. The van der Waals surface area contributed by atoms with Gasteiger partial charge in [-0.2, -0.15) is 0 Å². The number of fused-ring (bicyclic) bond motifs is 1. The summed E-state index contributed by atoms with van der Waals surface area (Å²) in [6.07, 6.45) is 1.04. The van der Waals surface area contributed by atoms with Crippen LogP contribution < -0.4 is 0 Å². The van der Waals surface area contributed by atoms with E-state index in [1.807, 2.05) is 18.2 Å². The fourth-order valence-corrected chi connectivity index (χ4v) is 4.94. The molecule has 25 heavy (non-hydrogen) atoms. The van der Waals surface area contributed by atoms with Crippen LogP contribution in [0.1, 0.15) is 22.3 Å². The smallest absolute Gasteiger partial charge is 0.125 e. The van der Waals surface area contributed by atoms with Crippen molar-refractivity contribution in [3.63, 3.8) is 0 Å². The van der Waals surface area contributed by atoms with Gasteiger partial charge in [-0.05, 0) is 40.8 Å². The fourth-order valence-electron chi connectivity index (χ4n) is 3.64. The molecule has 0 saturated heterocycles. The molecule has 0 amide bonds. The Morgan fingerprint density at radius 2 is 1.56 bits per heavy atom. The third-order valence-corrected chi connectivity index (χ3v) is 6.79. The predicted molar refractivity (Wildman–Crippen MR) is 108 cm³/mol. The van der Waals surface area contributed by atoms with Crippen molar-refractivity contribution in [2.24, 2.45) is 0 Å². The molecule has 0 fully saturated rings. The Kier molecular flexibility index (Phi) is 4.61. The molecule has 0 aromatic heterocycles. The Labute approximate surface area is 161 Å². The largest absolute Gasteiger partial charge is 0.277 e. The molecule has 0 saturated carbocycles. The maximum absolute atomic E-state index is 13.5. The van der Waals surface area contributed by atoms with Gasteiger partial charge in [0.2, 0.25) is 0 Å². The number of rotatable bonds is 3. The van der Waals surface area contributed by atoms with Gasteiger partial charge in [-0.25, -0.2) is 4.39 Å². The summed E-state index contributed by atoms with van der Waals surface area (Å²) in [5.74, 6) is -0.192. The van der Waals surface area contributed by atoms with Crippen LogP contribution in [0.2, 0.25) is 0 Å². The highest BCUT2D eigenvalue weighted by Crippen LogP contribution is 2.47. The molecule has 0 bridgehead atoms. The molecule has 0 aliphatic carbocycles. The van der Waals surface area contributed by atoms with Crippen LogP contribution in [-0.2, 0) is 16.5 Å². The van der Waals surface area contributed by atoms with Crippen molar-refractivity contribution in [1.29, 1.82) is 0 Å². The minimum atomic E-state index is -0.295. The summed E-state index contributed by atoms with van der Waals surface area (Å²) in [6.45, 7) is 1.85. The Hall–Kier alpha value is -1.72. The quantitative estimate of drug-likeness (QED) is 0.293. The number of hydrogen-bond acceptors (Lipinski definition) is 1. The van der Waals surface area contributed by atoms with Gasteiger partial charge in [0.05, 0.1) is 0 Å². The Morgan fingerprint density at radius 3 is 2.32 bits per heavy atom. The highest BCUT2D eigenvalue weighted by molar-refractivity contribution is 14.1. The topological polar surface area (TPSA) is 3.24 Å². The molecule has 1 atom stereocenters.